The first-order chi connectivity index (χ1) is 7.68. The number of halogens is 1. The maximum Gasteiger partial charge on any atom is 0.242 e. The molecule has 17 heavy (non-hydrogen) atoms. The van der Waals surface area contributed by atoms with Crippen molar-refractivity contribution in [2.75, 3.05) is 5.73 Å². The zero-order chi connectivity index (χ0) is 13.3. The second-order valence-corrected chi connectivity index (χ2v) is 6.47. The Morgan fingerprint density at radius 1 is 1.53 bits per heavy atom. The normalized spacial score (nSPS) is 12.7. The van der Waals surface area contributed by atoms with Crippen molar-refractivity contribution in [2.45, 2.75) is 37.6 Å². The molecule has 0 aliphatic heterocycles. The third-order valence-electron chi connectivity index (χ3n) is 2.45. The lowest BCUT2D eigenvalue weighted by Gasteiger charge is -2.24. The van der Waals surface area contributed by atoms with Gasteiger partial charge in [-0.3, -0.25) is 0 Å². The summed E-state index contributed by atoms with van der Waals surface area (Å²) in [5, 5.41) is 0.127. The van der Waals surface area contributed by atoms with Crippen LogP contribution in [0.3, 0.4) is 0 Å². The van der Waals surface area contributed by atoms with Crippen molar-refractivity contribution in [2.24, 2.45) is 0 Å². The summed E-state index contributed by atoms with van der Waals surface area (Å²) in [5.41, 5.74) is 4.91. The molecule has 0 amide bonds. The van der Waals surface area contributed by atoms with Crippen LogP contribution in [0.25, 0.3) is 0 Å². The van der Waals surface area contributed by atoms with Gasteiger partial charge in [-0.05, 0) is 26.3 Å². The highest BCUT2D eigenvalue weighted by atomic mass is 35.5. The first-order valence-corrected chi connectivity index (χ1v) is 6.99. The van der Waals surface area contributed by atoms with Crippen molar-refractivity contribution in [1.29, 1.82) is 0 Å². The van der Waals surface area contributed by atoms with Crippen LogP contribution in [0.5, 0.6) is 0 Å². The lowest BCUT2D eigenvalue weighted by Crippen LogP contribution is -2.42. The van der Waals surface area contributed by atoms with Crippen molar-refractivity contribution >= 4 is 27.4 Å². The molecule has 0 atom stereocenters. The van der Waals surface area contributed by atoms with Crippen LogP contribution in [-0.4, -0.2) is 18.9 Å². The Labute approximate surface area is 106 Å². The third-order valence-corrected chi connectivity index (χ3v) is 4.42. The van der Waals surface area contributed by atoms with E-state index in [4.69, 9.17) is 17.3 Å². The summed E-state index contributed by atoms with van der Waals surface area (Å²) in [5.74, 6) is 0.111. The van der Waals surface area contributed by atoms with E-state index in [0.29, 0.717) is 6.42 Å². The van der Waals surface area contributed by atoms with E-state index in [1.807, 2.05) is 6.92 Å². The predicted molar refractivity (Wildman–Crippen MR) is 68.4 cm³/mol. The SMILES string of the molecule is CCC(C)(C)NS(=O)(=O)c1cnc(N)c(Cl)c1. The summed E-state index contributed by atoms with van der Waals surface area (Å²) >= 11 is 5.75. The summed E-state index contributed by atoms with van der Waals surface area (Å²) in [6.07, 6.45) is 1.86. The van der Waals surface area contributed by atoms with Gasteiger partial charge in [0.25, 0.3) is 0 Å². The first-order valence-electron chi connectivity index (χ1n) is 5.13. The number of anilines is 1. The minimum atomic E-state index is -3.62. The van der Waals surface area contributed by atoms with Crippen molar-refractivity contribution < 1.29 is 8.42 Å². The molecule has 0 aliphatic carbocycles. The molecular formula is C10H16ClN3O2S. The highest BCUT2D eigenvalue weighted by molar-refractivity contribution is 7.89. The lowest BCUT2D eigenvalue weighted by molar-refractivity contribution is 0.439. The van der Waals surface area contributed by atoms with Crippen molar-refractivity contribution in [1.82, 2.24) is 9.71 Å². The summed E-state index contributed by atoms with van der Waals surface area (Å²) in [7, 11) is -3.62. The Morgan fingerprint density at radius 3 is 2.59 bits per heavy atom. The van der Waals surface area contributed by atoms with E-state index in [-0.39, 0.29) is 15.7 Å². The van der Waals surface area contributed by atoms with Gasteiger partial charge in [-0.25, -0.2) is 18.1 Å². The number of hydrogen-bond donors (Lipinski definition) is 2. The molecule has 0 spiro atoms. The molecule has 5 nitrogen and oxygen atoms in total. The largest absolute Gasteiger partial charge is 0.382 e. The van der Waals surface area contributed by atoms with Gasteiger partial charge >= 0.3 is 0 Å². The molecule has 0 unspecified atom stereocenters. The summed E-state index contributed by atoms with van der Waals surface area (Å²) < 4.78 is 26.6. The number of rotatable bonds is 4. The number of sulfonamides is 1. The van der Waals surface area contributed by atoms with Crippen molar-refractivity contribution in [3.8, 4) is 0 Å². The number of nitrogen functional groups attached to an aromatic ring is 1. The van der Waals surface area contributed by atoms with Gasteiger partial charge in [0.15, 0.2) is 0 Å². The Bertz CT molecular complexity index is 514. The van der Waals surface area contributed by atoms with Gasteiger partial charge in [0, 0.05) is 11.7 Å². The average Bonchev–Trinajstić information content (AvgIpc) is 2.20. The average molecular weight is 278 g/mol. The number of hydrogen-bond acceptors (Lipinski definition) is 4. The van der Waals surface area contributed by atoms with Gasteiger partial charge in [0.05, 0.1) is 5.02 Å². The Kier molecular flexibility index (Phi) is 4.01. The zero-order valence-corrected chi connectivity index (χ0v) is 11.6. The van der Waals surface area contributed by atoms with Crippen LogP contribution in [0.4, 0.5) is 5.82 Å². The minimum Gasteiger partial charge on any atom is -0.382 e. The summed E-state index contributed by atoms with van der Waals surface area (Å²) in [6, 6.07) is 1.29. The molecule has 0 saturated carbocycles. The Morgan fingerprint density at radius 2 is 2.12 bits per heavy atom. The van der Waals surface area contributed by atoms with Gasteiger partial charge in [0.1, 0.15) is 10.7 Å². The van der Waals surface area contributed by atoms with Crippen LogP contribution in [0.2, 0.25) is 5.02 Å². The summed E-state index contributed by atoms with van der Waals surface area (Å²) in [4.78, 5) is 3.74. The van der Waals surface area contributed by atoms with E-state index in [1.54, 1.807) is 13.8 Å². The fourth-order valence-electron chi connectivity index (χ4n) is 1.07. The van der Waals surface area contributed by atoms with Gasteiger partial charge in [-0.1, -0.05) is 18.5 Å². The fourth-order valence-corrected chi connectivity index (χ4v) is 2.76. The smallest absolute Gasteiger partial charge is 0.242 e. The number of nitrogens with two attached hydrogens (primary N) is 1. The van der Waals surface area contributed by atoms with Gasteiger partial charge in [-0.2, -0.15) is 0 Å². The van der Waals surface area contributed by atoms with E-state index in [0.717, 1.165) is 0 Å². The molecule has 1 aromatic heterocycles. The molecular weight excluding hydrogens is 262 g/mol. The zero-order valence-electron chi connectivity index (χ0n) is 9.99. The molecule has 96 valence electrons. The van der Waals surface area contributed by atoms with E-state index in [2.05, 4.69) is 9.71 Å². The van der Waals surface area contributed by atoms with Crippen LogP contribution in [0, 0.1) is 0 Å². The lowest BCUT2D eigenvalue weighted by atomic mass is 10.0. The highest BCUT2D eigenvalue weighted by Crippen LogP contribution is 2.21. The van der Waals surface area contributed by atoms with E-state index in [1.165, 1.54) is 12.3 Å². The molecule has 3 N–H and O–H groups in total. The van der Waals surface area contributed by atoms with Crippen LogP contribution in [0.1, 0.15) is 27.2 Å². The topological polar surface area (TPSA) is 85.1 Å². The number of nitrogens with zero attached hydrogens (tertiary/aromatic N) is 1. The van der Waals surface area contributed by atoms with E-state index in [9.17, 15) is 8.42 Å². The molecule has 1 rings (SSSR count). The van der Waals surface area contributed by atoms with Crippen molar-refractivity contribution in [3.05, 3.63) is 17.3 Å². The molecule has 0 saturated heterocycles. The fraction of sp³-hybridized carbons (Fsp3) is 0.500. The maximum atomic E-state index is 12.0. The van der Waals surface area contributed by atoms with Crippen molar-refractivity contribution in [3.63, 3.8) is 0 Å². The summed E-state index contributed by atoms with van der Waals surface area (Å²) in [6.45, 7) is 5.50. The Hall–Kier alpha value is -0.850. The van der Waals surface area contributed by atoms with Crippen LogP contribution in [-0.2, 0) is 10.0 Å². The minimum absolute atomic E-state index is 0.0122. The third kappa shape index (κ3) is 3.55. The standard InChI is InChI=1S/C10H16ClN3O2S/c1-4-10(2,3)14-17(15,16)7-5-8(11)9(12)13-6-7/h5-6,14H,4H2,1-3H3,(H2,12,13). The molecule has 0 bridgehead atoms. The second-order valence-electron chi connectivity index (χ2n) is 4.38. The van der Waals surface area contributed by atoms with Crippen LogP contribution >= 0.6 is 11.6 Å². The molecule has 1 aromatic rings. The van der Waals surface area contributed by atoms with Crippen LogP contribution < -0.4 is 10.5 Å². The second kappa shape index (κ2) is 4.80. The molecule has 0 aromatic carbocycles. The first kappa shape index (κ1) is 14.2. The Balaban J connectivity index is 3.10. The number of aromatic nitrogens is 1. The number of pyridine rings is 1. The highest BCUT2D eigenvalue weighted by Gasteiger charge is 2.25. The van der Waals surface area contributed by atoms with Crippen LogP contribution in [0.15, 0.2) is 17.2 Å². The van der Waals surface area contributed by atoms with Gasteiger partial charge in [-0.15, -0.1) is 0 Å². The quantitative estimate of drug-likeness (QED) is 0.878. The van der Waals surface area contributed by atoms with Gasteiger partial charge in [0.2, 0.25) is 10.0 Å². The van der Waals surface area contributed by atoms with E-state index >= 15 is 0 Å². The molecule has 1 heterocycles. The van der Waals surface area contributed by atoms with Gasteiger partial charge < -0.3 is 5.73 Å². The molecule has 7 heteroatoms. The predicted octanol–water partition coefficient (Wildman–Crippen LogP) is 1.78. The molecule has 0 fully saturated rings. The molecule has 0 aliphatic rings. The molecule has 0 radical (unpaired) electrons. The maximum absolute atomic E-state index is 12.0. The van der Waals surface area contributed by atoms with E-state index < -0.39 is 15.6 Å². The number of nitrogens with one attached hydrogen (secondary N) is 1. The monoisotopic (exact) mass is 277 g/mol.